The van der Waals surface area contributed by atoms with E-state index in [1.165, 1.54) is 30.5 Å². The molecular formula is C18H13F4NO3. The first-order valence-corrected chi connectivity index (χ1v) is 7.59. The van der Waals surface area contributed by atoms with Crippen LogP contribution in [0.2, 0.25) is 0 Å². The molecule has 0 saturated heterocycles. The van der Waals surface area contributed by atoms with Crippen molar-refractivity contribution in [1.29, 1.82) is 0 Å². The highest BCUT2D eigenvalue weighted by molar-refractivity contribution is 5.82. The summed E-state index contributed by atoms with van der Waals surface area (Å²) in [6, 6.07) is 5.56. The maximum atomic E-state index is 13.8. The molecule has 26 heavy (non-hydrogen) atoms. The van der Waals surface area contributed by atoms with E-state index in [1.54, 1.807) is 6.92 Å². The average molecular weight is 367 g/mol. The van der Waals surface area contributed by atoms with E-state index in [0.717, 1.165) is 6.20 Å². The Morgan fingerprint density at radius 1 is 1.23 bits per heavy atom. The average Bonchev–Trinajstić information content (AvgIpc) is 2.57. The summed E-state index contributed by atoms with van der Waals surface area (Å²) in [6.07, 6.45) is -1.98. The predicted octanol–water partition coefficient (Wildman–Crippen LogP) is 4.17. The molecule has 0 aliphatic rings. The molecule has 0 spiro atoms. The van der Waals surface area contributed by atoms with E-state index in [2.05, 4.69) is 9.72 Å². The quantitative estimate of drug-likeness (QED) is 0.513. The number of hydrogen-bond acceptors (Lipinski definition) is 4. The van der Waals surface area contributed by atoms with Gasteiger partial charge in [0.15, 0.2) is 6.61 Å². The number of pyridine rings is 1. The molecule has 0 bridgehead atoms. The lowest BCUT2D eigenvalue weighted by Crippen LogP contribution is -2.19. The molecule has 136 valence electrons. The van der Waals surface area contributed by atoms with Gasteiger partial charge in [-0.25, -0.2) is 9.18 Å². The first-order valence-electron chi connectivity index (χ1n) is 7.59. The van der Waals surface area contributed by atoms with E-state index in [4.69, 9.17) is 4.42 Å². The molecule has 0 aliphatic carbocycles. The summed E-state index contributed by atoms with van der Waals surface area (Å²) >= 11 is 0. The van der Waals surface area contributed by atoms with Crippen molar-refractivity contribution in [1.82, 2.24) is 4.98 Å². The first-order chi connectivity index (χ1) is 12.2. The van der Waals surface area contributed by atoms with Crippen molar-refractivity contribution >= 4 is 11.0 Å². The second-order valence-corrected chi connectivity index (χ2v) is 5.70. The molecular weight excluding hydrogens is 354 g/mol. The van der Waals surface area contributed by atoms with Gasteiger partial charge in [0.05, 0.1) is 6.20 Å². The van der Waals surface area contributed by atoms with Crippen LogP contribution in [0.15, 0.2) is 45.9 Å². The van der Waals surface area contributed by atoms with Crippen molar-refractivity contribution in [2.24, 2.45) is 0 Å². The maximum absolute atomic E-state index is 13.8. The minimum atomic E-state index is -4.47. The molecule has 0 fully saturated rings. The highest BCUT2D eigenvalue weighted by atomic mass is 19.4. The number of alkyl halides is 3. The zero-order chi connectivity index (χ0) is 18.9. The Labute approximate surface area is 145 Å². The molecule has 2 aromatic heterocycles. The topological polar surface area (TPSA) is 52.3 Å². The summed E-state index contributed by atoms with van der Waals surface area (Å²) in [6.45, 7) is 0.227. The third-order valence-corrected chi connectivity index (χ3v) is 3.88. The van der Waals surface area contributed by atoms with Crippen LogP contribution in [0.1, 0.15) is 16.7 Å². The highest BCUT2D eigenvalue weighted by Gasteiger charge is 2.28. The lowest BCUT2D eigenvalue weighted by Gasteiger charge is -2.11. The Bertz CT molecular complexity index is 1010. The van der Waals surface area contributed by atoms with Crippen LogP contribution >= 0.6 is 0 Å². The minimum Gasteiger partial charge on any atom is -0.484 e. The SMILES string of the molecule is Cc1c(Cc2ccncc2F)c(=O)oc2cc(OCC(F)(F)F)ccc12. The molecule has 0 unspecified atom stereocenters. The van der Waals surface area contributed by atoms with E-state index < -0.39 is 24.2 Å². The number of ether oxygens (including phenoxy) is 1. The van der Waals surface area contributed by atoms with Gasteiger partial charge in [-0.1, -0.05) is 0 Å². The van der Waals surface area contributed by atoms with Gasteiger partial charge in [0.1, 0.15) is 17.1 Å². The molecule has 4 nitrogen and oxygen atoms in total. The molecule has 1 aromatic carbocycles. The Balaban J connectivity index is 1.98. The molecule has 0 amide bonds. The third kappa shape index (κ3) is 3.84. The van der Waals surface area contributed by atoms with Crippen molar-refractivity contribution < 1.29 is 26.7 Å². The van der Waals surface area contributed by atoms with Crippen LogP contribution in [0.4, 0.5) is 17.6 Å². The zero-order valence-electron chi connectivity index (χ0n) is 13.6. The number of rotatable bonds is 4. The number of aryl methyl sites for hydroxylation is 1. The summed E-state index contributed by atoms with van der Waals surface area (Å²) < 4.78 is 60.4. The van der Waals surface area contributed by atoms with Crippen molar-refractivity contribution in [3.63, 3.8) is 0 Å². The van der Waals surface area contributed by atoms with Crippen molar-refractivity contribution in [2.45, 2.75) is 19.5 Å². The van der Waals surface area contributed by atoms with Gasteiger partial charge in [0.2, 0.25) is 0 Å². The number of aromatic nitrogens is 1. The Hall–Kier alpha value is -2.90. The smallest absolute Gasteiger partial charge is 0.422 e. The number of hydrogen-bond donors (Lipinski definition) is 0. The van der Waals surface area contributed by atoms with E-state index in [1.807, 2.05) is 0 Å². The lowest BCUT2D eigenvalue weighted by molar-refractivity contribution is -0.153. The van der Waals surface area contributed by atoms with Gasteiger partial charge in [0, 0.05) is 29.6 Å². The molecule has 8 heteroatoms. The van der Waals surface area contributed by atoms with Gasteiger partial charge in [-0.15, -0.1) is 0 Å². The van der Waals surface area contributed by atoms with Crippen LogP contribution in [0.3, 0.4) is 0 Å². The molecule has 0 radical (unpaired) electrons. The molecule has 3 aromatic rings. The monoisotopic (exact) mass is 367 g/mol. The summed E-state index contributed by atoms with van der Waals surface area (Å²) in [5.74, 6) is -0.604. The molecule has 0 aliphatic heterocycles. The Morgan fingerprint density at radius 3 is 2.69 bits per heavy atom. The summed E-state index contributed by atoms with van der Waals surface area (Å²) in [5, 5.41) is 0.536. The second-order valence-electron chi connectivity index (χ2n) is 5.70. The van der Waals surface area contributed by atoms with Gasteiger partial charge in [-0.2, -0.15) is 13.2 Å². The highest BCUT2D eigenvalue weighted by Crippen LogP contribution is 2.26. The summed E-state index contributed by atoms with van der Waals surface area (Å²) in [4.78, 5) is 15.9. The normalized spacial score (nSPS) is 11.7. The Morgan fingerprint density at radius 2 is 2.00 bits per heavy atom. The van der Waals surface area contributed by atoms with Gasteiger partial charge >= 0.3 is 11.8 Å². The zero-order valence-corrected chi connectivity index (χ0v) is 13.6. The van der Waals surface area contributed by atoms with Crippen LogP contribution in [-0.4, -0.2) is 17.8 Å². The number of fused-ring (bicyclic) bond motifs is 1. The first kappa shape index (κ1) is 17.9. The van der Waals surface area contributed by atoms with Crippen LogP contribution in [-0.2, 0) is 6.42 Å². The van der Waals surface area contributed by atoms with Crippen LogP contribution in [0, 0.1) is 12.7 Å². The molecule has 2 heterocycles. The van der Waals surface area contributed by atoms with Gasteiger partial charge < -0.3 is 9.15 Å². The molecule has 0 saturated carbocycles. The van der Waals surface area contributed by atoms with Crippen molar-refractivity contribution in [3.8, 4) is 5.75 Å². The Kier molecular flexibility index (Phi) is 4.67. The molecule has 0 N–H and O–H groups in total. The van der Waals surface area contributed by atoms with Gasteiger partial charge in [-0.05, 0) is 36.2 Å². The van der Waals surface area contributed by atoms with E-state index >= 15 is 0 Å². The molecule has 0 atom stereocenters. The van der Waals surface area contributed by atoms with E-state index in [-0.39, 0.29) is 23.3 Å². The van der Waals surface area contributed by atoms with Crippen molar-refractivity contribution in [2.75, 3.05) is 6.61 Å². The predicted molar refractivity (Wildman–Crippen MR) is 85.8 cm³/mol. The largest absolute Gasteiger partial charge is 0.484 e. The minimum absolute atomic E-state index is 0.0186. The van der Waals surface area contributed by atoms with Crippen molar-refractivity contribution in [3.05, 3.63) is 69.6 Å². The standard InChI is InChI=1S/C18H13F4NO3/c1-10-13-3-2-12(25-9-18(20,21)22)7-16(13)26-17(24)14(10)6-11-4-5-23-8-15(11)19/h2-5,7-8H,6,9H2,1H3. The molecule has 3 rings (SSSR count). The van der Waals surface area contributed by atoms with Crippen LogP contribution in [0.5, 0.6) is 5.75 Å². The third-order valence-electron chi connectivity index (χ3n) is 3.88. The van der Waals surface area contributed by atoms with E-state index in [9.17, 15) is 22.4 Å². The number of nitrogens with zero attached hydrogens (tertiary/aromatic N) is 1. The fourth-order valence-corrected chi connectivity index (χ4v) is 2.57. The number of benzene rings is 1. The lowest BCUT2D eigenvalue weighted by atomic mass is 10.00. The maximum Gasteiger partial charge on any atom is 0.422 e. The summed E-state index contributed by atoms with van der Waals surface area (Å²) in [5.41, 5.74) is 0.548. The van der Waals surface area contributed by atoms with E-state index in [0.29, 0.717) is 16.5 Å². The summed E-state index contributed by atoms with van der Waals surface area (Å²) in [7, 11) is 0. The second kappa shape index (κ2) is 6.78. The van der Waals surface area contributed by atoms with Gasteiger partial charge in [0.25, 0.3) is 0 Å². The fraction of sp³-hybridized carbons (Fsp3) is 0.222. The number of halogens is 4. The van der Waals surface area contributed by atoms with Crippen LogP contribution in [0.25, 0.3) is 11.0 Å². The van der Waals surface area contributed by atoms with Gasteiger partial charge in [-0.3, -0.25) is 4.98 Å². The fourth-order valence-electron chi connectivity index (χ4n) is 2.57. The van der Waals surface area contributed by atoms with Crippen LogP contribution < -0.4 is 10.4 Å².